The van der Waals surface area contributed by atoms with E-state index in [4.69, 9.17) is 23.7 Å². The lowest BCUT2D eigenvalue weighted by atomic mass is 10.0. The molecule has 3 aromatic rings. The maximum atomic E-state index is 10.1. The number of hydrogen-bond donors (Lipinski definition) is 1. The summed E-state index contributed by atoms with van der Waals surface area (Å²) in [5.41, 5.74) is 2.84. The first-order valence-electron chi connectivity index (χ1n) is 11.1. The Morgan fingerprint density at radius 2 is 1.50 bits per heavy atom. The van der Waals surface area contributed by atoms with E-state index >= 15 is 0 Å². The van der Waals surface area contributed by atoms with Gasteiger partial charge < -0.3 is 28.8 Å². The van der Waals surface area contributed by atoms with Crippen LogP contribution < -0.4 is 18.9 Å². The first-order valence-corrected chi connectivity index (χ1v) is 11.1. The predicted octanol–water partition coefficient (Wildman–Crippen LogP) is 5.87. The summed E-state index contributed by atoms with van der Waals surface area (Å²) in [6.07, 6.45) is 1.59. The SMILES string of the molecule is C=CCc1cc(OC)c(OC(C)C(OCc2ccccc2)c2ccc(O)c(OC)c2)c(OC)c1. The largest absolute Gasteiger partial charge is 0.504 e. The monoisotopic (exact) mass is 464 g/mol. The summed E-state index contributed by atoms with van der Waals surface area (Å²) >= 11 is 0. The van der Waals surface area contributed by atoms with Crippen LogP contribution in [0, 0.1) is 0 Å². The Balaban J connectivity index is 1.95. The van der Waals surface area contributed by atoms with Crippen molar-refractivity contribution in [3.8, 4) is 28.7 Å². The zero-order chi connectivity index (χ0) is 24.5. The van der Waals surface area contributed by atoms with Crippen molar-refractivity contribution in [3.05, 3.63) is 90.0 Å². The van der Waals surface area contributed by atoms with Crippen molar-refractivity contribution in [1.29, 1.82) is 0 Å². The normalized spacial score (nSPS) is 12.5. The highest BCUT2D eigenvalue weighted by atomic mass is 16.6. The standard InChI is InChI=1S/C28H32O6/c1-6-10-21-15-25(31-4)28(26(16-21)32-5)34-19(2)27(33-18-20-11-8-7-9-12-20)22-13-14-23(29)24(17-22)30-3/h6-9,11-17,19,27,29H,1,10,18H2,2-5H3. The smallest absolute Gasteiger partial charge is 0.203 e. The molecule has 0 aliphatic carbocycles. The minimum Gasteiger partial charge on any atom is -0.504 e. The van der Waals surface area contributed by atoms with E-state index in [1.165, 1.54) is 7.11 Å². The molecule has 0 saturated carbocycles. The first kappa shape index (κ1) is 25.0. The molecule has 0 heterocycles. The van der Waals surface area contributed by atoms with E-state index < -0.39 is 12.2 Å². The van der Waals surface area contributed by atoms with Crippen molar-refractivity contribution in [2.45, 2.75) is 32.2 Å². The van der Waals surface area contributed by atoms with Crippen LogP contribution in [0.3, 0.4) is 0 Å². The summed E-state index contributed by atoms with van der Waals surface area (Å²) < 4.78 is 29.3. The van der Waals surface area contributed by atoms with Gasteiger partial charge in [0.15, 0.2) is 23.0 Å². The van der Waals surface area contributed by atoms with Crippen LogP contribution in [-0.4, -0.2) is 32.5 Å². The molecule has 6 nitrogen and oxygen atoms in total. The molecule has 0 aliphatic heterocycles. The van der Waals surface area contributed by atoms with Gasteiger partial charge in [0.25, 0.3) is 0 Å². The highest BCUT2D eigenvalue weighted by Crippen LogP contribution is 2.41. The maximum Gasteiger partial charge on any atom is 0.203 e. The molecule has 0 aromatic heterocycles. The van der Waals surface area contributed by atoms with Crippen molar-refractivity contribution < 1.29 is 28.8 Å². The summed E-state index contributed by atoms with van der Waals surface area (Å²) in [6.45, 7) is 6.11. The van der Waals surface area contributed by atoms with Crippen LogP contribution >= 0.6 is 0 Å². The van der Waals surface area contributed by atoms with Crippen LogP contribution in [0.4, 0.5) is 0 Å². The number of phenols is 1. The molecule has 3 aromatic carbocycles. The third-order valence-electron chi connectivity index (χ3n) is 5.44. The quantitative estimate of drug-likeness (QED) is 0.338. The van der Waals surface area contributed by atoms with Gasteiger partial charge in [0.1, 0.15) is 12.2 Å². The van der Waals surface area contributed by atoms with Gasteiger partial charge in [0.05, 0.1) is 27.9 Å². The molecule has 0 fully saturated rings. The molecule has 0 spiro atoms. The van der Waals surface area contributed by atoms with Gasteiger partial charge in [0.2, 0.25) is 5.75 Å². The van der Waals surface area contributed by atoms with Crippen LogP contribution in [0.2, 0.25) is 0 Å². The molecule has 0 aliphatic rings. The predicted molar refractivity (Wildman–Crippen MR) is 132 cm³/mol. The van der Waals surface area contributed by atoms with Gasteiger partial charge in [0, 0.05) is 0 Å². The minimum atomic E-state index is -0.475. The number of hydrogen-bond acceptors (Lipinski definition) is 6. The fraction of sp³-hybridized carbons (Fsp3) is 0.286. The number of rotatable bonds is 12. The number of benzene rings is 3. The van der Waals surface area contributed by atoms with Crippen molar-refractivity contribution in [2.75, 3.05) is 21.3 Å². The molecule has 2 unspecified atom stereocenters. The van der Waals surface area contributed by atoms with E-state index in [-0.39, 0.29) is 5.75 Å². The Morgan fingerprint density at radius 1 is 0.853 bits per heavy atom. The van der Waals surface area contributed by atoms with E-state index in [2.05, 4.69) is 6.58 Å². The lowest BCUT2D eigenvalue weighted by Crippen LogP contribution is -2.25. The van der Waals surface area contributed by atoms with Gasteiger partial charge in [-0.3, -0.25) is 0 Å². The minimum absolute atomic E-state index is 0.0581. The third-order valence-corrected chi connectivity index (χ3v) is 5.44. The van der Waals surface area contributed by atoms with Crippen LogP contribution in [-0.2, 0) is 17.8 Å². The van der Waals surface area contributed by atoms with Crippen LogP contribution in [0.5, 0.6) is 28.7 Å². The number of aromatic hydroxyl groups is 1. The molecule has 0 radical (unpaired) electrons. The van der Waals surface area contributed by atoms with Crippen LogP contribution in [0.25, 0.3) is 0 Å². The van der Waals surface area contributed by atoms with E-state index in [0.717, 1.165) is 16.7 Å². The number of phenolic OH excluding ortho intramolecular Hbond substituents is 1. The molecule has 1 N–H and O–H groups in total. The Hall–Kier alpha value is -3.64. The Bertz CT molecular complexity index is 1050. The molecule has 3 rings (SSSR count). The molecule has 2 atom stereocenters. The summed E-state index contributed by atoms with van der Waals surface area (Å²) in [4.78, 5) is 0. The Morgan fingerprint density at radius 3 is 2.09 bits per heavy atom. The average molecular weight is 465 g/mol. The van der Waals surface area contributed by atoms with Crippen molar-refractivity contribution >= 4 is 0 Å². The lowest BCUT2D eigenvalue weighted by molar-refractivity contribution is -0.0313. The third kappa shape index (κ3) is 6.02. The molecule has 0 saturated heterocycles. The summed E-state index contributed by atoms with van der Waals surface area (Å²) in [7, 11) is 4.70. The van der Waals surface area contributed by atoms with Gasteiger partial charge in [-0.15, -0.1) is 6.58 Å². The van der Waals surface area contributed by atoms with Crippen LogP contribution in [0.1, 0.15) is 29.7 Å². The Kier molecular flexibility index (Phi) is 8.82. The summed E-state index contributed by atoms with van der Waals surface area (Å²) in [6, 6.07) is 18.9. The van der Waals surface area contributed by atoms with Gasteiger partial charge in [-0.05, 0) is 54.3 Å². The second-order valence-corrected chi connectivity index (χ2v) is 7.79. The highest BCUT2D eigenvalue weighted by molar-refractivity contribution is 5.54. The van der Waals surface area contributed by atoms with E-state index in [1.54, 1.807) is 32.4 Å². The second-order valence-electron chi connectivity index (χ2n) is 7.79. The molecular formula is C28H32O6. The topological polar surface area (TPSA) is 66.4 Å². The lowest BCUT2D eigenvalue weighted by Gasteiger charge is -2.27. The fourth-order valence-corrected chi connectivity index (χ4v) is 3.72. The van der Waals surface area contributed by atoms with Gasteiger partial charge in [-0.1, -0.05) is 42.5 Å². The Labute approximate surface area is 201 Å². The number of ether oxygens (including phenoxy) is 5. The van der Waals surface area contributed by atoms with Crippen molar-refractivity contribution in [3.63, 3.8) is 0 Å². The summed E-state index contributed by atoms with van der Waals surface area (Å²) in [5.74, 6) is 2.04. The van der Waals surface area contributed by atoms with Crippen molar-refractivity contribution in [1.82, 2.24) is 0 Å². The molecule has 6 heteroatoms. The first-order chi connectivity index (χ1) is 16.5. The fourth-order valence-electron chi connectivity index (χ4n) is 3.72. The molecule has 0 bridgehead atoms. The average Bonchev–Trinajstić information content (AvgIpc) is 2.86. The highest BCUT2D eigenvalue weighted by Gasteiger charge is 2.26. The van der Waals surface area contributed by atoms with Crippen LogP contribution in [0.15, 0.2) is 73.3 Å². The van der Waals surface area contributed by atoms with Crippen molar-refractivity contribution in [2.24, 2.45) is 0 Å². The number of methoxy groups -OCH3 is 3. The van der Waals surface area contributed by atoms with E-state index in [0.29, 0.717) is 36.0 Å². The maximum absolute atomic E-state index is 10.1. The zero-order valence-corrected chi connectivity index (χ0v) is 20.1. The van der Waals surface area contributed by atoms with E-state index in [1.807, 2.05) is 55.5 Å². The van der Waals surface area contributed by atoms with Gasteiger partial charge >= 0.3 is 0 Å². The van der Waals surface area contributed by atoms with Gasteiger partial charge in [-0.25, -0.2) is 0 Å². The summed E-state index contributed by atoms with van der Waals surface area (Å²) in [5, 5.41) is 10.1. The molecule has 180 valence electrons. The van der Waals surface area contributed by atoms with Gasteiger partial charge in [-0.2, -0.15) is 0 Å². The molecule has 0 amide bonds. The molecular weight excluding hydrogens is 432 g/mol. The second kappa shape index (κ2) is 12.0. The molecule has 34 heavy (non-hydrogen) atoms. The van der Waals surface area contributed by atoms with E-state index in [9.17, 15) is 5.11 Å². The number of allylic oxidation sites excluding steroid dienone is 1. The zero-order valence-electron chi connectivity index (χ0n) is 20.1.